The second-order valence-electron chi connectivity index (χ2n) is 4.67. The summed E-state index contributed by atoms with van der Waals surface area (Å²) in [6, 6.07) is 9.27. The Bertz CT molecular complexity index is 792. The average molecular weight is 647 g/mol. The zero-order chi connectivity index (χ0) is 18.4. The van der Waals surface area contributed by atoms with E-state index in [9.17, 15) is 4.79 Å². The summed E-state index contributed by atoms with van der Waals surface area (Å²) in [6.07, 6.45) is 1.56. The maximum atomic E-state index is 11.9. The lowest BCUT2D eigenvalue weighted by atomic mass is 10.2. The van der Waals surface area contributed by atoms with Gasteiger partial charge in [-0.1, -0.05) is 15.9 Å². The number of hydrogen-bond donors (Lipinski definition) is 1. The van der Waals surface area contributed by atoms with Gasteiger partial charge in [-0.2, -0.15) is 5.10 Å². The molecule has 0 spiro atoms. The molecular weight excluding hydrogens is 635 g/mol. The van der Waals surface area contributed by atoms with E-state index < -0.39 is 0 Å². The normalized spacial score (nSPS) is 10.8. The van der Waals surface area contributed by atoms with Gasteiger partial charge in [0.1, 0.15) is 11.5 Å². The summed E-state index contributed by atoms with van der Waals surface area (Å²) in [4.78, 5) is 11.9. The molecule has 2 aromatic carbocycles. The zero-order valence-electron chi connectivity index (χ0n) is 12.9. The Morgan fingerprint density at radius 2 is 1.92 bits per heavy atom. The molecule has 132 valence electrons. The van der Waals surface area contributed by atoms with Crippen molar-refractivity contribution in [3.8, 4) is 11.5 Å². The number of benzene rings is 2. The van der Waals surface area contributed by atoms with Gasteiger partial charge in [-0.05, 0) is 90.3 Å². The number of nitrogens with zero attached hydrogens (tertiary/aromatic N) is 1. The minimum Gasteiger partial charge on any atom is -0.496 e. The highest BCUT2D eigenvalue weighted by molar-refractivity contribution is 14.1. The van der Waals surface area contributed by atoms with Gasteiger partial charge >= 0.3 is 0 Å². The molecule has 0 aliphatic rings. The Morgan fingerprint density at radius 3 is 2.52 bits per heavy atom. The molecule has 9 heteroatoms. The molecule has 0 heterocycles. The Labute approximate surface area is 184 Å². The Kier molecular flexibility index (Phi) is 8.17. The van der Waals surface area contributed by atoms with Gasteiger partial charge in [0, 0.05) is 4.47 Å². The number of carbonyl (C=O) groups excluding carboxylic acids is 1. The molecule has 1 N–H and O–H groups in total. The van der Waals surface area contributed by atoms with Crippen LogP contribution >= 0.6 is 70.4 Å². The molecule has 0 saturated heterocycles. The van der Waals surface area contributed by atoms with Crippen LogP contribution in [0.5, 0.6) is 11.5 Å². The van der Waals surface area contributed by atoms with Gasteiger partial charge in [-0.25, -0.2) is 5.43 Å². The molecule has 0 aliphatic heterocycles. The molecule has 0 radical (unpaired) electrons. The van der Waals surface area contributed by atoms with Gasteiger partial charge in [-0.3, -0.25) is 4.79 Å². The van der Waals surface area contributed by atoms with E-state index >= 15 is 0 Å². The minimum absolute atomic E-state index is 0.156. The molecule has 2 rings (SSSR count). The van der Waals surface area contributed by atoms with Gasteiger partial charge in [0.15, 0.2) is 6.61 Å². The van der Waals surface area contributed by atoms with Gasteiger partial charge in [0.25, 0.3) is 5.91 Å². The van der Waals surface area contributed by atoms with Crippen LogP contribution in [-0.4, -0.2) is 25.8 Å². The fourth-order valence-corrected chi connectivity index (χ4v) is 5.03. The third-order valence-corrected chi connectivity index (χ3v) is 5.37. The van der Waals surface area contributed by atoms with E-state index in [1.807, 2.05) is 30.3 Å². The summed E-state index contributed by atoms with van der Waals surface area (Å²) in [5, 5.41) is 3.93. The SMILES string of the molecule is COc1ccc(/C=N\NC(=O)COc2c(Br)cc(Br)cc2Br)cc1I. The summed E-state index contributed by atoms with van der Waals surface area (Å²) >= 11 is 12.3. The quantitative estimate of drug-likeness (QED) is 0.270. The van der Waals surface area contributed by atoms with Crippen LogP contribution in [0.1, 0.15) is 5.56 Å². The largest absolute Gasteiger partial charge is 0.496 e. The lowest BCUT2D eigenvalue weighted by Gasteiger charge is -2.10. The monoisotopic (exact) mass is 644 g/mol. The maximum absolute atomic E-state index is 11.9. The van der Waals surface area contributed by atoms with E-state index in [4.69, 9.17) is 9.47 Å². The number of carbonyl (C=O) groups is 1. The molecule has 2 aromatic rings. The molecule has 25 heavy (non-hydrogen) atoms. The number of ether oxygens (including phenoxy) is 2. The predicted molar refractivity (Wildman–Crippen MR) is 116 cm³/mol. The summed E-state index contributed by atoms with van der Waals surface area (Å²) in [5.41, 5.74) is 3.28. The highest BCUT2D eigenvalue weighted by Gasteiger charge is 2.10. The second-order valence-corrected chi connectivity index (χ2v) is 8.46. The van der Waals surface area contributed by atoms with E-state index in [-0.39, 0.29) is 12.5 Å². The average Bonchev–Trinajstić information content (AvgIpc) is 2.54. The van der Waals surface area contributed by atoms with Gasteiger partial charge in [0.2, 0.25) is 0 Å². The van der Waals surface area contributed by atoms with Crippen LogP contribution < -0.4 is 14.9 Å². The van der Waals surface area contributed by atoms with Crippen LogP contribution in [0.4, 0.5) is 0 Å². The molecule has 0 aromatic heterocycles. The third-order valence-electron chi connectivity index (χ3n) is 2.89. The first-order valence-electron chi connectivity index (χ1n) is 6.83. The number of hydrogen-bond acceptors (Lipinski definition) is 4. The Morgan fingerprint density at radius 1 is 1.24 bits per heavy atom. The molecular formula is C16H12Br3IN2O3. The summed E-state index contributed by atoms with van der Waals surface area (Å²) < 4.78 is 14.0. The predicted octanol–water partition coefficient (Wildman–Crippen LogP) is 5.12. The number of rotatable bonds is 6. The first kappa shape index (κ1) is 20.7. The first-order chi connectivity index (χ1) is 11.9. The van der Waals surface area contributed by atoms with Crippen molar-refractivity contribution in [3.63, 3.8) is 0 Å². The summed E-state index contributed by atoms with van der Waals surface area (Å²) in [7, 11) is 1.62. The van der Waals surface area contributed by atoms with E-state index in [1.165, 1.54) is 0 Å². The molecule has 0 atom stereocenters. The lowest BCUT2D eigenvalue weighted by molar-refractivity contribution is -0.123. The van der Waals surface area contributed by atoms with Crippen molar-refractivity contribution in [3.05, 3.63) is 52.9 Å². The van der Waals surface area contributed by atoms with Gasteiger partial charge < -0.3 is 9.47 Å². The van der Waals surface area contributed by atoms with Crippen LogP contribution in [0.3, 0.4) is 0 Å². The molecule has 1 amide bonds. The van der Waals surface area contributed by atoms with Crippen LogP contribution in [0.25, 0.3) is 0 Å². The van der Waals surface area contributed by atoms with Crippen molar-refractivity contribution in [2.45, 2.75) is 0 Å². The van der Waals surface area contributed by atoms with Crippen molar-refractivity contribution < 1.29 is 14.3 Å². The van der Waals surface area contributed by atoms with Crippen molar-refractivity contribution >= 4 is 82.5 Å². The summed E-state index contributed by atoms with van der Waals surface area (Å²) in [6.45, 7) is -0.156. The number of amides is 1. The van der Waals surface area contributed by atoms with Gasteiger partial charge in [-0.15, -0.1) is 0 Å². The topological polar surface area (TPSA) is 59.9 Å². The lowest BCUT2D eigenvalue weighted by Crippen LogP contribution is -2.24. The fourth-order valence-electron chi connectivity index (χ4n) is 1.78. The van der Waals surface area contributed by atoms with E-state index in [0.29, 0.717) is 5.75 Å². The molecule has 0 unspecified atom stereocenters. The van der Waals surface area contributed by atoms with Crippen molar-refractivity contribution in [1.29, 1.82) is 0 Å². The van der Waals surface area contributed by atoms with Crippen LogP contribution in [0, 0.1) is 3.57 Å². The zero-order valence-corrected chi connectivity index (χ0v) is 19.8. The Balaban J connectivity index is 1.90. The van der Waals surface area contributed by atoms with Crippen molar-refractivity contribution in [2.24, 2.45) is 5.10 Å². The number of methoxy groups -OCH3 is 1. The van der Waals surface area contributed by atoms with Crippen LogP contribution in [0.2, 0.25) is 0 Å². The Hall–Kier alpha value is -0.650. The molecule has 5 nitrogen and oxygen atoms in total. The van der Waals surface area contributed by atoms with E-state index in [0.717, 1.165) is 28.3 Å². The van der Waals surface area contributed by atoms with Crippen LogP contribution in [0.15, 0.2) is 48.9 Å². The fraction of sp³-hybridized carbons (Fsp3) is 0.125. The highest BCUT2D eigenvalue weighted by atomic mass is 127. The first-order valence-corrected chi connectivity index (χ1v) is 10.3. The van der Waals surface area contributed by atoms with Gasteiger partial charge in [0.05, 0.1) is 25.8 Å². The maximum Gasteiger partial charge on any atom is 0.277 e. The molecule has 0 fully saturated rings. The van der Waals surface area contributed by atoms with Crippen molar-refractivity contribution in [2.75, 3.05) is 13.7 Å². The second kappa shape index (κ2) is 9.89. The summed E-state index contributed by atoms with van der Waals surface area (Å²) in [5.74, 6) is 0.981. The third kappa shape index (κ3) is 6.22. The standard InChI is InChI=1S/C16H12Br3IN2O3/c1-24-14-3-2-9(4-13(14)20)7-21-22-15(23)8-25-16-11(18)5-10(17)6-12(16)19/h2-7H,8H2,1H3,(H,22,23)/b21-7-. The smallest absolute Gasteiger partial charge is 0.277 e. The van der Waals surface area contributed by atoms with E-state index in [1.54, 1.807) is 13.3 Å². The number of halogens is 4. The van der Waals surface area contributed by atoms with Crippen LogP contribution in [-0.2, 0) is 4.79 Å². The number of hydrazone groups is 1. The molecule has 0 aliphatic carbocycles. The minimum atomic E-state index is -0.360. The number of nitrogens with one attached hydrogen (secondary N) is 1. The molecule has 0 saturated carbocycles. The van der Waals surface area contributed by atoms with E-state index in [2.05, 4.69) is 80.9 Å². The molecule has 0 bridgehead atoms. The highest BCUT2D eigenvalue weighted by Crippen LogP contribution is 2.36. The van der Waals surface area contributed by atoms with Crippen molar-refractivity contribution in [1.82, 2.24) is 5.43 Å².